The molecule has 0 saturated carbocycles. The Balaban J connectivity index is 1.80. The Hall–Kier alpha value is -2.62. The number of hydrogen-bond donors (Lipinski definition) is 1. The number of carbonyl (C=O) groups excluding carboxylic acids is 1. The van der Waals surface area contributed by atoms with Crippen LogP contribution in [-0.2, 0) is 0 Å². The molecule has 3 rings (SSSR count). The lowest BCUT2D eigenvalue weighted by Gasteiger charge is -2.08. The zero-order valence-electron chi connectivity index (χ0n) is 13.0. The van der Waals surface area contributed by atoms with Crippen LogP contribution in [0.3, 0.4) is 0 Å². The van der Waals surface area contributed by atoms with E-state index in [1.165, 1.54) is 5.56 Å². The van der Waals surface area contributed by atoms with Gasteiger partial charge in [0, 0.05) is 23.6 Å². The maximum atomic E-state index is 12.3. The summed E-state index contributed by atoms with van der Waals surface area (Å²) in [6.45, 7) is 6.23. The van der Waals surface area contributed by atoms with E-state index >= 15 is 0 Å². The lowest BCUT2D eigenvalue weighted by molar-refractivity contribution is 0.102. The van der Waals surface area contributed by atoms with Crippen LogP contribution in [0.25, 0.3) is 5.65 Å². The summed E-state index contributed by atoms with van der Waals surface area (Å²) >= 11 is 0. The summed E-state index contributed by atoms with van der Waals surface area (Å²) in [5, 5.41) is 2.92. The van der Waals surface area contributed by atoms with Gasteiger partial charge in [0.25, 0.3) is 5.91 Å². The number of nitrogens with one attached hydrogen (secondary N) is 1. The maximum absolute atomic E-state index is 12.3. The van der Waals surface area contributed by atoms with Crippen LogP contribution in [0.2, 0.25) is 0 Å². The molecule has 2 aromatic heterocycles. The summed E-state index contributed by atoms with van der Waals surface area (Å²) in [4.78, 5) is 16.7. The Morgan fingerprint density at radius 3 is 2.59 bits per heavy atom. The Morgan fingerprint density at radius 2 is 1.91 bits per heavy atom. The van der Waals surface area contributed by atoms with E-state index in [1.807, 2.05) is 48.0 Å². The van der Waals surface area contributed by atoms with Gasteiger partial charge >= 0.3 is 0 Å². The molecule has 0 aliphatic carbocycles. The summed E-state index contributed by atoms with van der Waals surface area (Å²) in [6, 6.07) is 11.6. The minimum atomic E-state index is -0.125. The molecule has 0 unspecified atom stereocenters. The van der Waals surface area contributed by atoms with Crippen molar-refractivity contribution in [3.63, 3.8) is 0 Å². The fraction of sp³-hybridized carbons (Fsp3) is 0.222. The number of benzene rings is 1. The molecule has 0 bridgehead atoms. The molecule has 0 radical (unpaired) electrons. The average molecular weight is 293 g/mol. The number of pyridine rings is 1. The van der Waals surface area contributed by atoms with Crippen LogP contribution in [0.5, 0.6) is 0 Å². The molecule has 2 heterocycles. The fourth-order valence-corrected chi connectivity index (χ4v) is 2.40. The molecule has 4 nitrogen and oxygen atoms in total. The lowest BCUT2D eigenvalue weighted by atomic mass is 10.0. The molecule has 0 saturated heterocycles. The van der Waals surface area contributed by atoms with Crippen LogP contribution in [-0.4, -0.2) is 15.3 Å². The molecule has 0 atom stereocenters. The summed E-state index contributed by atoms with van der Waals surface area (Å²) < 4.78 is 1.91. The zero-order valence-corrected chi connectivity index (χ0v) is 13.0. The third-order valence-electron chi connectivity index (χ3n) is 3.68. The second-order valence-corrected chi connectivity index (χ2v) is 5.79. The number of hydrogen-bond acceptors (Lipinski definition) is 2. The van der Waals surface area contributed by atoms with E-state index in [2.05, 4.69) is 24.1 Å². The Kier molecular flexibility index (Phi) is 3.67. The van der Waals surface area contributed by atoms with Gasteiger partial charge in [0.15, 0.2) is 0 Å². The molecule has 112 valence electrons. The van der Waals surface area contributed by atoms with E-state index in [4.69, 9.17) is 0 Å². The molecule has 0 spiro atoms. The predicted octanol–water partition coefficient (Wildman–Crippen LogP) is 4.02. The van der Waals surface area contributed by atoms with Crippen molar-refractivity contribution in [1.82, 2.24) is 9.38 Å². The lowest BCUT2D eigenvalue weighted by Crippen LogP contribution is -2.12. The van der Waals surface area contributed by atoms with E-state index in [0.717, 1.165) is 17.0 Å². The SMILES string of the molecule is Cc1cn2ccc(C(=O)Nc3ccc(C(C)C)cc3)cc2n1. The van der Waals surface area contributed by atoms with Crippen LogP contribution in [0, 0.1) is 6.92 Å². The minimum Gasteiger partial charge on any atom is -0.322 e. The second-order valence-electron chi connectivity index (χ2n) is 5.79. The molecular formula is C18H19N3O. The summed E-state index contributed by atoms with van der Waals surface area (Å²) in [6.07, 6.45) is 3.79. The van der Waals surface area contributed by atoms with E-state index in [9.17, 15) is 4.79 Å². The molecule has 1 amide bonds. The van der Waals surface area contributed by atoms with E-state index in [-0.39, 0.29) is 5.91 Å². The highest BCUT2D eigenvalue weighted by Crippen LogP contribution is 2.18. The Morgan fingerprint density at radius 1 is 1.18 bits per heavy atom. The average Bonchev–Trinajstić information content (AvgIpc) is 2.86. The third-order valence-corrected chi connectivity index (χ3v) is 3.68. The van der Waals surface area contributed by atoms with Crippen molar-refractivity contribution >= 4 is 17.2 Å². The standard InChI is InChI=1S/C18H19N3O/c1-12(2)14-4-6-16(7-5-14)20-18(22)15-8-9-21-11-13(3)19-17(21)10-15/h4-12H,1-3H3,(H,20,22). The van der Waals surface area contributed by atoms with Gasteiger partial charge in [-0.05, 0) is 42.7 Å². The van der Waals surface area contributed by atoms with Gasteiger partial charge in [0.05, 0.1) is 5.69 Å². The fourth-order valence-electron chi connectivity index (χ4n) is 2.40. The molecule has 1 N–H and O–H groups in total. The van der Waals surface area contributed by atoms with Crippen molar-refractivity contribution < 1.29 is 4.79 Å². The number of rotatable bonds is 3. The van der Waals surface area contributed by atoms with Gasteiger partial charge in [-0.2, -0.15) is 0 Å². The quantitative estimate of drug-likeness (QED) is 0.793. The van der Waals surface area contributed by atoms with Crippen molar-refractivity contribution in [3.8, 4) is 0 Å². The van der Waals surface area contributed by atoms with Crippen LogP contribution < -0.4 is 5.32 Å². The number of anilines is 1. The monoisotopic (exact) mass is 293 g/mol. The number of amides is 1. The second kappa shape index (κ2) is 5.64. The first kappa shape index (κ1) is 14.3. The van der Waals surface area contributed by atoms with Crippen LogP contribution >= 0.6 is 0 Å². The minimum absolute atomic E-state index is 0.125. The topological polar surface area (TPSA) is 46.4 Å². The maximum Gasteiger partial charge on any atom is 0.255 e. The first-order valence-electron chi connectivity index (χ1n) is 7.39. The number of aryl methyl sites for hydroxylation is 1. The van der Waals surface area contributed by atoms with E-state index < -0.39 is 0 Å². The van der Waals surface area contributed by atoms with Crippen LogP contribution in [0.15, 0.2) is 48.8 Å². The molecule has 4 heteroatoms. The first-order chi connectivity index (χ1) is 10.5. The molecule has 0 fully saturated rings. The van der Waals surface area contributed by atoms with Gasteiger partial charge in [-0.25, -0.2) is 4.98 Å². The molecule has 22 heavy (non-hydrogen) atoms. The van der Waals surface area contributed by atoms with Gasteiger partial charge < -0.3 is 9.72 Å². The largest absolute Gasteiger partial charge is 0.322 e. The van der Waals surface area contributed by atoms with Crippen molar-refractivity contribution in [2.75, 3.05) is 5.32 Å². The highest BCUT2D eigenvalue weighted by molar-refractivity contribution is 6.04. The van der Waals surface area contributed by atoms with E-state index in [1.54, 1.807) is 12.1 Å². The van der Waals surface area contributed by atoms with Gasteiger partial charge in [-0.3, -0.25) is 4.79 Å². The molecule has 0 aliphatic heterocycles. The predicted molar refractivity (Wildman–Crippen MR) is 88.4 cm³/mol. The number of nitrogens with zero attached hydrogens (tertiary/aromatic N) is 2. The highest BCUT2D eigenvalue weighted by atomic mass is 16.1. The van der Waals surface area contributed by atoms with Crippen LogP contribution in [0.4, 0.5) is 5.69 Å². The number of imidazole rings is 1. The van der Waals surface area contributed by atoms with Gasteiger partial charge in [-0.1, -0.05) is 26.0 Å². The molecular weight excluding hydrogens is 274 g/mol. The summed E-state index contributed by atoms with van der Waals surface area (Å²) in [5.74, 6) is 0.358. The molecule has 3 aromatic rings. The van der Waals surface area contributed by atoms with Crippen LogP contribution in [0.1, 0.15) is 41.4 Å². The molecule has 1 aromatic carbocycles. The zero-order chi connectivity index (χ0) is 15.7. The summed E-state index contributed by atoms with van der Waals surface area (Å²) in [5.41, 5.74) is 4.37. The highest BCUT2D eigenvalue weighted by Gasteiger charge is 2.08. The van der Waals surface area contributed by atoms with Gasteiger partial charge in [0.1, 0.15) is 5.65 Å². The summed E-state index contributed by atoms with van der Waals surface area (Å²) in [7, 11) is 0. The number of carbonyl (C=O) groups is 1. The Labute approximate surface area is 129 Å². The van der Waals surface area contributed by atoms with Crippen molar-refractivity contribution in [2.24, 2.45) is 0 Å². The van der Waals surface area contributed by atoms with Crippen molar-refractivity contribution in [1.29, 1.82) is 0 Å². The normalized spacial score (nSPS) is 11.1. The third kappa shape index (κ3) is 2.86. The van der Waals surface area contributed by atoms with Crippen molar-refractivity contribution in [3.05, 3.63) is 65.6 Å². The van der Waals surface area contributed by atoms with E-state index in [0.29, 0.717) is 11.5 Å². The first-order valence-corrected chi connectivity index (χ1v) is 7.39. The van der Waals surface area contributed by atoms with Crippen molar-refractivity contribution in [2.45, 2.75) is 26.7 Å². The van der Waals surface area contributed by atoms with Gasteiger partial charge in [-0.15, -0.1) is 0 Å². The van der Waals surface area contributed by atoms with Gasteiger partial charge in [0.2, 0.25) is 0 Å². The number of fused-ring (bicyclic) bond motifs is 1. The number of aromatic nitrogens is 2. The smallest absolute Gasteiger partial charge is 0.255 e. The Bertz CT molecular complexity index is 816. The molecule has 0 aliphatic rings.